The molecule has 0 unspecified atom stereocenters. The summed E-state index contributed by atoms with van der Waals surface area (Å²) in [6.45, 7) is 7.28. The molecule has 0 aliphatic carbocycles. The maximum Gasteiger partial charge on any atom is 0.324 e. The smallest absolute Gasteiger partial charge is 0.324 e. The lowest BCUT2D eigenvalue weighted by Gasteiger charge is -2.22. The molecule has 1 N–H and O–H groups in total. The van der Waals surface area contributed by atoms with Gasteiger partial charge in [0.05, 0.1) is 14.2 Å². The van der Waals surface area contributed by atoms with Crippen LogP contribution in [0.1, 0.15) is 27.2 Å². The van der Waals surface area contributed by atoms with Crippen molar-refractivity contribution in [1.82, 2.24) is 15.0 Å². The highest BCUT2D eigenvalue weighted by Crippen LogP contribution is 2.20. The van der Waals surface area contributed by atoms with E-state index in [1.165, 1.54) is 14.2 Å². The number of hydrogen-bond acceptors (Lipinski definition) is 6. The molecule has 0 bridgehead atoms. The van der Waals surface area contributed by atoms with Crippen LogP contribution in [0.5, 0.6) is 12.0 Å². The first kappa shape index (κ1) is 13.5. The molecular weight excluding hydrogens is 220 g/mol. The van der Waals surface area contributed by atoms with Crippen molar-refractivity contribution in [1.29, 1.82) is 0 Å². The molecular formula is C11H20N4O2. The molecule has 0 saturated carbocycles. The Bertz CT molecular complexity index is 346. The number of anilines is 1. The Hall–Kier alpha value is -1.59. The summed E-state index contributed by atoms with van der Waals surface area (Å²) in [6, 6.07) is 0.488. The van der Waals surface area contributed by atoms with E-state index in [1.807, 2.05) is 0 Å². The summed E-state index contributed by atoms with van der Waals surface area (Å²) in [6.07, 6.45) is 1.07. The van der Waals surface area contributed by atoms with Gasteiger partial charge in [-0.25, -0.2) is 0 Å². The molecule has 0 fully saturated rings. The first-order chi connectivity index (χ1) is 8.00. The molecule has 1 heterocycles. The minimum absolute atomic E-state index is 0.188. The molecule has 96 valence electrons. The Balaban J connectivity index is 2.76. The quantitative estimate of drug-likeness (QED) is 0.816. The van der Waals surface area contributed by atoms with Gasteiger partial charge in [0.2, 0.25) is 5.95 Å². The van der Waals surface area contributed by atoms with Gasteiger partial charge in [0.15, 0.2) is 0 Å². The average Bonchev–Trinajstić information content (AvgIpc) is 2.36. The van der Waals surface area contributed by atoms with Crippen molar-refractivity contribution in [2.45, 2.75) is 27.2 Å². The highest BCUT2D eigenvalue weighted by molar-refractivity contribution is 5.27. The van der Waals surface area contributed by atoms with Crippen molar-refractivity contribution < 1.29 is 9.47 Å². The second-order valence-corrected chi connectivity index (χ2v) is 4.50. The van der Waals surface area contributed by atoms with Gasteiger partial charge < -0.3 is 14.8 Å². The van der Waals surface area contributed by atoms with Crippen molar-refractivity contribution in [2.75, 3.05) is 26.1 Å². The first-order valence-electron chi connectivity index (χ1n) is 5.58. The van der Waals surface area contributed by atoms with E-state index in [2.05, 4.69) is 41.0 Å². The molecule has 1 aromatic rings. The third-order valence-electron chi connectivity index (χ3n) is 2.64. The van der Waals surface area contributed by atoms with E-state index in [1.54, 1.807) is 0 Å². The molecule has 0 atom stereocenters. The summed E-state index contributed by atoms with van der Waals surface area (Å²) < 4.78 is 9.95. The number of ether oxygens (including phenoxy) is 2. The topological polar surface area (TPSA) is 69.2 Å². The van der Waals surface area contributed by atoms with Crippen LogP contribution < -0.4 is 14.8 Å². The van der Waals surface area contributed by atoms with Gasteiger partial charge in [-0.2, -0.15) is 9.97 Å². The minimum Gasteiger partial charge on any atom is -0.467 e. The number of hydrogen-bond donors (Lipinski definition) is 1. The van der Waals surface area contributed by atoms with E-state index in [0.717, 1.165) is 13.0 Å². The van der Waals surface area contributed by atoms with Crippen LogP contribution >= 0.6 is 0 Å². The highest BCUT2D eigenvalue weighted by atomic mass is 16.5. The summed E-state index contributed by atoms with van der Waals surface area (Å²) in [4.78, 5) is 12.1. The molecule has 0 spiro atoms. The normalized spacial score (nSPS) is 11.1. The van der Waals surface area contributed by atoms with Crippen LogP contribution in [-0.2, 0) is 0 Å². The Morgan fingerprint density at radius 2 is 1.59 bits per heavy atom. The lowest BCUT2D eigenvalue weighted by atomic mass is 9.90. The van der Waals surface area contributed by atoms with Gasteiger partial charge in [-0.3, -0.25) is 0 Å². The molecule has 1 rings (SSSR count). The largest absolute Gasteiger partial charge is 0.467 e. The van der Waals surface area contributed by atoms with Crippen molar-refractivity contribution in [3.8, 4) is 12.0 Å². The fraction of sp³-hybridized carbons (Fsp3) is 0.727. The Labute approximate surface area is 102 Å². The van der Waals surface area contributed by atoms with Gasteiger partial charge in [-0.1, -0.05) is 20.8 Å². The number of nitrogens with one attached hydrogen (secondary N) is 1. The summed E-state index contributed by atoms with van der Waals surface area (Å²) in [7, 11) is 3.02. The lowest BCUT2D eigenvalue weighted by Crippen LogP contribution is -2.23. The summed E-state index contributed by atoms with van der Waals surface area (Å²) in [5.41, 5.74) is 0.188. The van der Waals surface area contributed by atoms with E-state index in [4.69, 9.17) is 9.47 Å². The van der Waals surface area contributed by atoms with Crippen LogP contribution in [0.2, 0.25) is 0 Å². The van der Waals surface area contributed by atoms with Crippen molar-refractivity contribution in [3.05, 3.63) is 0 Å². The monoisotopic (exact) mass is 240 g/mol. The molecule has 6 nitrogen and oxygen atoms in total. The van der Waals surface area contributed by atoms with Crippen molar-refractivity contribution in [3.63, 3.8) is 0 Å². The van der Waals surface area contributed by atoms with Crippen LogP contribution in [0.4, 0.5) is 5.95 Å². The number of nitrogens with zero attached hydrogens (tertiary/aromatic N) is 3. The molecule has 1 aromatic heterocycles. The Morgan fingerprint density at radius 1 is 1.06 bits per heavy atom. The molecule has 0 aromatic carbocycles. The lowest BCUT2D eigenvalue weighted by molar-refractivity contribution is 0.339. The van der Waals surface area contributed by atoms with Crippen molar-refractivity contribution >= 4 is 5.95 Å². The summed E-state index contributed by atoms with van der Waals surface area (Å²) in [5, 5.41) is 3.16. The number of rotatable bonds is 6. The van der Waals surface area contributed by atoms with Crippen LogP contribution in [0.15, 0.2) is 0 Å². The van der Waals surface area contributed by atoms with Gasteiger partial charge >= 0.3 is 12.0 Å². The average molecular weight is 240 g/mol. The second kappa shape index (κ2) is 5.65. The Kier molecular flexibility index (Phi) is 4.48. The fourth-order valence-electron chi connectivity index (χ4n) is 1.04. The van der Waals surface area contributed by atoms with E-state index >= 15 is 0 Å². The maximum atomic E-state index is 4.97. The SMILES string of the molecule is CCC(C)(C)CNc1nc(OC)nc(OC)n1. The van der Waals surface area contributed by atoms with Crippen LogP contribution in [0.3, 0.4) is 0 Å². The zero-order valence-corrected chi connectivity index (χ0v) is 11.1. The van der Waals surface area contributed by atoms with E-state index in [0.29, 0.717) is 5.95 Å². The standard InChI is InChI=1S/C11H20N4O2/c1-6-11(2,3)7-12-8-13-9(16-4)15-10(14-8)17-5/h6-7H2,1-5H3,(H,12,13,14,15). The highest BCUT2D eigenvalue weighted by Gasteiger charge is 2.16. The van der Waals surface area contributed by atoms with E-state index < -0.39 is 0 Å². The van der Waals surface area contributed by atoms with Crippen LogP contribution in [0, 0.1) is 5.41 Å². The number of aromatic nitrogens is 3. The second-order valence-electron chi connectivity index (χ2n) is 4.50. The predicted molar refractivity (Wildman–Crippen MR) is 65.5 cm³/mol. The van der Waals surface area contributed by atoms with Crippen LogP contribution in [0.25, 0.3) is 0 Å². The molecule has 6 heteroatoms. The summed E-state index contributed by atoms with van der Waals surface area (Å²) in [5.74, 6) is 0.468. The van der Waals surface area contributed by atoms with E-state index in [9.17, 15) is 0 Å². The molecule has 0 amide bonds. The van der Waals surface area contributed by atoms with Crippen molar-refractivity contribution in [2.24, 2.45) is 5.41 Å². The first-order valence-corrected chi connectivity index (χ1v) is 5.58. The maximum absolute atomic E-state index is 4.97. The molecule has 0 radical (unpaired) electrons. The number of methoxy groups -OCH3 is 2. The Morgan fingerprint density at radius 3 is 2.00 bits per heavy atom. The zero-order valence-electron chi connectivity index (χ0n) is 11.1. The van der Waals surface area contributed by atoms with Gasteiger partial charge in [-0.05, 0) is 11.8 Å². The fourth-order valence-corrected chi connectivity index (χ4v) is 1.04. The third kappa shape index (κ3) is 4.05. The van der Waals surface area contributed by atoms with Gasteiger partial charge in [0.1, 0.15) is 0 Å². The minimum atomic E-state index is 0.188. The molecule has 0 aliphatic rings. The van der Waals surface area contributed by atoms with Gasteiger partial charge in [-0.15, -0.1) is 4.98 Å². The van der Waals surface area contributed by atoms with Crippen LogP contribution in [-0.4, -0.2) is 35.7 Å². The zero-order chi connectivity index (χ0) is 12.9. The third-order valence-corrected chi connectivity index (χ3v) is 2.64. The van der Waals surface area contributed by atoms with Gasteiger partial charge in [0.25, 0.3) is 0 Å². The van der Waals surface area contributed by atoms with Gasteiger partial charge in [0, 0.05) is 6.54 Å². The predicted octanol–water partition coefficient (Wildman–Crippen LogP) is 1.74. The molecule has 0 aliphatic heterocycles. The summed E-state index contributed by atoms with van der Waals surface area (Å²) >= 11 is 0. The molecule has 17 heavy (non-hydrogen) atoms. The van der Waals surface area contributed by atoms with E-state index in [-0.39, 0.29) is 17.4 Å². The molecule has 0 saturated heterocycles.